The number of likely N-dealkylation sites (tertiary alicyclic amines) is 2. The lowest BCUT2D eigenvalue weighted by molar-refractivity contribution is -0.133. The van der Waals surface area contributed by atoms with E-state index in [0.29, 0.717) is 36.2 Å². The molecule has 9 nitrogen and oxygen atoms in total. The van der Waals surface area contributed by atoms with Crippen molar-refractivity contribution in [1.29, 1.82) is 0 Å². The van der Waals surface area contributed by atoms with Crippen LogP contribution in [-0.2, 0) is 9.59 Å². The molecule has 4 amide bonds. The zero-order chi connectivity index (χ0) is 28.2. The minimum Gasteiger partial charge on any atom is -0.341 e. The lowest BCUT2D eigenvalue weighted by Gasteiger charge is -2.40. The summed E-state index contributed by atoms with van der Waals surface area (Å²) in [5.74, 6) is -0.509. The van der Waals surface area contributed by atoms with E-state index >= 15 is 0 Å². The fraction of sp³-hybridized carbons (Fsp3) is 0.484. The van der Waals surface area contributed by atoms with Gasteiger partial charge in [-0.15, -0.1) is 0 Å². The number of nitrogens with one attached hydrogen (secondary N) is 2. The molecule has 212 valence electrons. The highest BCUT2D eigenvalue weighted by Crippen LogP contribution is 2.30. The Morgan fingerprint density at radius 1 is 0.950 bits per heavy atom. The molecule has 0 aliphatic carbocycles. The van der Waals surface area contributed by atoms with Crippen molar-refractivity contribution < 1.29 is 14.4 Å². The molecular weight excluding hydrogens is 504 g/mol. The average Bonchev–Trinajstić information content (AvgIpc) is 3.04. The molecule has 0 radical (unpaired) electrons. The quantitative estimate of drug-likeness (QED) is 0.593. The Labute approximate surface area is 236 Å². The molecule has 0 bridgehead atoms. The van der Waals surface area contributed by atoms with Crippen molar-refractivity contribution in [3.05, 3.63) is 59.2 Å². The van der Waals surface area contributed by atoms with Crippen LogP contribution in [0.15, 0.2) is 47.5 Å². The van der Waals surface area contributed by atoms with Crippen LogP contribution in [-0.4, -0.2) is 78.3 Å². The molecule has 2 fully saturated rings. The van der Waals surface area contributed by atoms with E-state index in [1.165, 1.54) is 24.2 Å². The van der Waals surface area contributed by atoms with E-state index < -0.39 is 18.1 Å². The van der Waals surface area contributed by atoms with Gasteiger partial charge in [0.05, 0.1) is 5.69 Å². The number of nitrogens with zero attached hydrogens (tertiary/aromatic N) is 4. The third kappa shape index (κ3) is 6.20. The molecule has 0 spiro atoms. The van der Waals surface area contributed by atoms with Crippen molar-refractivity contribution in [3.63, 3.8) is 0 Å². The number of rotatable bonds is 5. The monoisotopic (exact) mass is 544 g/mol. The number of fused-ring (bicyclic) bond motifs is 1. The van der Waals surface area contributed by atoms with E-state index in [0.717, 1.165) is 42.6 Å². The largest absolute Gasteiger partial charge is 0.341 e. The summed E-state index contributed by atoms with van der Waals surface area (Å²) < 4.78 is 0. The minimum atomic E-state index is -1.16. The van der Waals surface area contributed by atoms with Crippen LogP contribution in [0.3, 0.4) is 0 Å². The molecule has 3 aliphatic rings. The summed E-state index contributed by atoms with van der Waals surface area (Å²) >= 11 is 0. The second kappa shape index (κ2) is 12.2. The lowest BCUT2D eigenvalue weighted by atomic mass is 9.99. The number of hydrogen-bond acceptors (Lipinski definition) is 5. The smallest absolute Gasteiger partial charge is 0.321 e. The van der Waals surface area contributed by atoms with Crippen LogP contribution in [0.5, 0.6) is 0 Å². The van der Waals surface area contributed by atoms with E-state index in [1.807, 2.05) is 62.1 Å². The van der Waals surface area contributed by atoms with Gasteiger partial charge in [-0.1, -0.05) is 36.8 Å². The average molecular weight is 545 g/mol. The molecule has 1 unspecified atom stereocenters. The van der Waals surface area contributed by atoms with Crippen molar-refractivity contribution in [2.45, 2.75) is 65.1 Å². The Kier molecular flexibility index (Phi) is 8.49. The van der Waals surface area contributed by atoms with Crippen molar-refractivity contribution in [2.75, 3.05) is 42.9 Å². The number of piperidine rings is 2. The molecule has 3 aliphatic heterocycles. The number of carbonyl (C=O) groups excluding carboxylic acids is 3. The molecule has 40 heavy (non-hydrogen) atoms. The number of hydrogen-bond donors (Lipinski definition) is 2. The van der Waals surface area contributed by atoms with E-state index in [2.05, 4.69) is 20.5 Å². The van der Waals surface area contributed by atoms with Gasteiger partial charge in [0, 0.05) is 36.1 Å². The van der Waals surface area contributed by atoms with Gasteiger partial charge in [0.1, 0.15) is 6.54 Å². The normalized spacial score (nSPS) is 20.4. The van der Waals surface area contributed by atoms with Crippen molar-refractivity contribution in [1.82, 2.24) is 15.1 Å². The molecule has 5 rings (SSSR count). The summed E-state index contributed by atoms with van der Waals surface area (Å²) in [5.41, 5.74) is 4.60. The van der Waals surface area contributed by atoms with Gasteiger partial charge in [-0.05, 0) is 82.8 Å². The lowest BCUT2D eigenvalue weighted by Crippen LogP contribution is -2.53. The minimum absolute atomic E-state index is 0.0813. The van der Waals surface area contributed by atoms with Gasteiger partial charge in [-0.2, -0.15) is 0 Å². The number of aliphatic imine (C=N–C) groups is 1. The third-order valence-electron chi connectivity index (χ3n) is 8.28. The van der Waals surface area contributed by atoms with Crippen molar-refractivity contribution in [3.8, 4) is 0 Å². The van der Waals surface area contributed by atoms with Gasteiger partial charge >= 0.3 is 6.03 Å². The molecule has 0 aromatic heterocycles. The van der Waals surface area contributed by atoms with Crippen LogP contribution in [0.2, 0.25) is 0 Å². The zero-order valence-corrected chi connectivity index (χ0v) is 23.8. The van der Waals surface area contributed by atoms with Crippen molar-refractivity contribution in [2.24, 2.45) is 4.99 Å². The number of urea groups is 1. The number of benzodiazepines with no additional fused rings is 1. The van der Waals surface area contributed by atoms with Crippen LogP contribution in [0, 0.1) is 13.8 Å². The number of para-hydroxylation sites is 1. The van der Waals surface area contributed by atoms with Crippen LogP contribution in [0.25, 0.3) is 0 Å². The van der Waals surface area contributed by atoms with Gasteiger partial charge in [0.25, 0.3) is 5.91 Å². The first-order chi connectivity index (χ1) is 19.3. The maximum absolute atomic E-state index is 13.9. The summed E-state index contributed by atoms with van der Waals surface area (Å²) in [4.78, 5) is 51.0. The Bertz CT molecular complexity index is 1290. The topological polar surface area (TPSA) is 97.3 Å². The third-order valence-corrected chi connectivity index (χ3v) is 8.28. The van der Waals surface area contributed by atoms with Crippen LogP contribution in [0.4, 0.5) is 16.2 Å². The molecule has 9 heteroatoms. The predicted octanol–water partition coefficient (Wildman–Crippen LogP) is 4.08. The first-order valence-electron chi connectivity index (χ1n) is 14.4. The maximum Gasteiger partial charge on any atom is 0.321 e. The number of amides is 4. The Hall–Kier alpha value is -3.72. The molecule has 2 saturated heterocycles. The Morgan fingerprint density at radius 3 is 2.40 bits per heavy atom. The molecule has 1 atom stereocenters. The highest BCUT2D eigenvalue weighted by molar-refractivity contribution is 6.14. The molecule has 2 aromatic rings. The summed E-state index contributed by atoms with van der Waals surface area (Å²) in [6.45, 7) is 9.30. The van der Waals surface area contributed by atoms with E-state index in [1.54, 1.807) is 6.07 Å². The highest BCUT2D eigenvalue weighted by atomic mass is 16.2. The number of aryl methyl sites for hydroxylation is 2. The van der Waals surface area contributed by atoms with Crippen LogP contribution in [0.1, 0.15) is 55.7 Å². The second-order valence-corrected chi connectivity index (χ2v) is 11.2. The van der Waals surface area contributed by atoms with Gasteiger partial charge in [0.2, 0.25) is 12.1 Å². The standard InChI is InChI=1S/C31H40N6O3/c1-21-9-7-11-24(19-21)33-31(40)34-29-30(39)37(28-22(2)10-8-12-26(28)23(3)32-29)20-27(38)36-17-13-25(14-18-36)35-15-5-4-6-16-35/h7-12,19,25,29H,4-6,13-18,20H2,1-3H3,(H2,33,34,40). The van der Waals surface area contributed by atoms with Crippen molar-refractivity contribution >= 4 is 34.9 Å². The Morgan fingerprint density at radius 2 is 1.68 bits per heavy atom. The van der Waals surface area contributed by atoms with E-state index in [-0.39, 0.29) is 12.5 Å². The fourth-order valence-electron chi connectivity index (χ4n) is 6.15. The van der Waals surface area contributed by atoms with E-state index in [4.69, 9.17) is 0 Å². The van der Waals surface area contributed by atoms with Gasteiger partial charge < -0.3 is 20.4 Å². The first-order valence-corrected chi connectivity index (χ1v) is 14.4. The summed E-state index contributed by atoms with van der Waals surface area (Å²) in [6, 6.07) is 13.2. The molecule has 0 saturated carbocycles. The maximum atomic E-state index is 13.9. The molecule has 3 heterocycles. The zero-order valence-electron chi connectivity index (χ0n) is 23.8. The summed E-state index contributed by atoms with van der Waals surface area (Å²) in [6.07, 6.45) is 4.59. The predicted molar refractivity (Wildman–Crippen MR) is 158 cm³/mol. The Balaban J connectivity index is 1.31. The molecular formula is C31H40N6O3. The summed E-state index contributed by atoms with van der Waals surface area (Å²) in [7, 11) is 0. The van der Waals surface area contributed by atoms with Gasteiger partial charge in [0.15, 0.2) is 0 Å². The van der Waals surface area contributed by atoms with Crippen LogP contribution >= 0.6 is 0 Å². The number of carbonyl (C=O) groups is 3. The highest BCUT2D eigenvalue weighted by Gasteiger charge is 2.35. The second-order valence-electron chi connectivity index (χ2n) is 11.2. The molecule has 2 aromatic carbocycles. The fourth-order valence-corrected chi connectivity index (χ4v) is 6.15. The van der Waals surface area contributed by atoms with Crippen LogP contribution < -0.4 is 15.5 Å². The first kappa shape index (κ1) is 27.8. The number of benzene rings is 2. The van der Waals surface area contributed by atoms with E-state index in [9.17, 15) is 14.4 Å². The SMILES string of the molecule is CC1=NC(NC(=O)Nc2cccc(C)c2)C(=O)N(CC(=O)N2CCC(N3CCCCC3)CC2)c2c(C)cccc21. The van der Waals surface area contributed by atoms with Gasteiger partial charge in [-0.3, -0.25) is 19.5 Å². The van der Waals surface area contributed by atoms with Gasteiger partial charge in [-0.25, -0.2) is 4.79 Å². The number of anilines is 2. The molecule has 2 N–H and O–H groups in total. The summed E-state index contributed by atoms with van der Waals surface area (Å²) in [5, 5.41) is 5.51.